The maximum absolute atomic E-state index is 12.0. The zero-order chi connectivity index (χ0) is 65.1. The number of benzene rings is 7. The van der Waals surface area contributed by atoms with Crippen molar-refractivity contribution < 1.29 is 9.59 Å². The Balaban J connectivity index is 0.000000152. The van der Waals surface area contributed by atoms with E-state index in [4.69, 9.17) is 0 Å². The van der Waals surface area contributed by atoms with E-state index in [2.05, 4.69) is 282 Å². The number of aromatic nitrogens is 2. The van der Waals surface area contributed by atoms with Crippen LogP contribution in [-0.4, -0.2) is 84.8 Å². The summed E-state index contributed by atoms with van der Waals surface area (Å²) in [7, 11) is 0. The fourth-order valence-corrected chi connectivity index (χ4v) is 13.2. The number of hydrogen-bond donors (Lipinski definition) is 0. The second-order valence-electron chi connectivity index (χ2n) is 26.4. The second kappa shape index (κ2) is 34.9. The highest BCUT2D eigenvalue weighted by atomic mass is 32.2. The molecule has 488 valence electrons. The molecule has 0 spiro atoms. The molecule has 2 aromatic heterocycles. The van der Waals surface area contributed by atoms with Crippen LogP contribution in [-0.2, 0) is 43.7 Å². The largest absolute Gasteiger partial charge is 0.369 e. The first-order chi connectivity index (χ1) is 43.8. The number of carbonyl (C=O) groups excluding carboxylic acids is 2. The lowest BCUT2D eigenvalue weighted by Crippen LogP contribution is -2.35. The van der Waals surface area contributed by atoms with Crippen molar-refractivity contribution in [3.05, 3.63) is 244 Å². The molecular formula is C82H107N7O2S. The van der Waals surface area contributed by atoms with E-state index in [9.17, 15) is 9.59 Å². The van der Waals surface area contributed by atoms with Gasteiger partial charge < -0.3 is 18.9 Å². The van der Waals surface area contributed by atoms with E-state index in [1.54, 1.807) is 11.6 Å². The van der Waals surface area contributed by atoms with E-state index in [1.165, 1.54) is 111 Å². The SMILES string of the molecule is C.CC(C)N1C(=O)S/C(=C/c2ccccc2)C1=O.CC(C)N1CCCc2ccccc21.CC(C)N1CCc2ccccc21.CC(C)N1CCc2ccccc2C1.CC(C)N1Cc2ccccc2C1.CC(C)n1cc2ccccc2c1.CC(C)n1ccc2ccccc21. The highest BCUT2D eigenvalue weighted by molar-refractivity contribution is 8.18. The summed E-state index contributed by atoms with van der Waals surface area (Å²) < 4.78 is 4.53. The van der Waals surface area contributed by atoms with Crippen LogP contribution in [0.2, 0.25) is 0 Å². The standard InChI is InChI=1S/C13H13NO2S.2C12H17N.C11H15N.C11H13N.C11H15N.C11H13N.CH4/c1-9(2)14-12(15)11(17-13(14)16)8-10-6-4-3-5-7-10;1-10(2)13-9-5-7-11-6-3-4-8-12(11)13;1-10(2)13-8-7-11-5-3-4-6-12(11)9-13;2*1-9(2)12-7-10-5-3-4-6-11(10)8-12;2*1-9(2)12-8-7-10-5-3-4-6-11(10)12;/h3-9H,1-2H3;3-4,6,8,10H,5,7,9H2,1-2H3;3-6,10H,7-9H2,1-2H3;3-6,9H,7-8H2,1-2H3;3-9H,1-2H3;3-6,9H,7-8H2,1-2H3;3-9H,1-2H3;1H4/b11-8+;;;;;;;. The number of nitrogens with zero attached hydrogens (tertiary/aromatic N) is 7. The molecule has 0 saturated carbocycles. The average Bonchev–Trinajstić information content (AvgIpc) is 2.31. The molecule has 7 heterocycles. The van der Waals surface area contributed by atoms with Gasteiger partial charge in [0.1, 0.15) is 0 Å². The highest BCUT2D eigenvalue weighted by Crippen LogP contribution is 2.34. The zero-order valence-electron chi connectivity index (χ0n) is 57.1. The Morgan fingerprint density at radius 3 is 1.35 bits per heavy atom. The summed E-state index contributed by atoms with van der Waals surface area (Å²) in [5, 5.41) is 3.79. The van der Waals surface area contributed by atoms with Gasteiger partial charge in [0.05, 0.1) is 4.91 Å². The van der Waals surface area contributed by atoms with Gasteiger partial charge >= 0.3 is 0 Å². The van der Waals surface area contributed by atoms with Crippen molar-refractivity contribution in [3.8, 4) is 0 Å². The number of aryl methyl sites for hydroxylation is 1. The molecule has 5 aliphatic rings. The topological polar surface area (TPSA) is 60.2 Å². The van der Waals surface area contributed by atoms with Crippen molar-refractivity contribution in [1.82, 2.24) is 23.8 Å². The first-order valence-electron chi connectivity index (χ1n) is 33.5. The predicted octanol–water partition coefficient (Wildman–Crippen LogP) is 20.4. The number of carbonyl (C=O) groups is 2. The Morgan fingerprint density at radius 2 is 0.837 bits per heavy atom. The van der Waals surface area contributed by atoms with Gasteiger partial charge in [-0.3, -0.25) is 24.3 Å². The summed E-state index contributed by atoms with van der Waals surface area (Å²) in [5.74, 6) is -0.196. The lowest BCUT2D eigenvalue weighted by molar-refractivity contribution is -0.123. The van der Waals surface area contributed by atoms with E-state index in [0.717, 1.165) is 37.0 Å². The molecule has 1 saturated heterocycles. The lowest BCUT2D eigenvalue weighted by atomic mass is 9.99. The van der Waals surface area contributed by atoms with E-state index in [0.29, 0.717) is 41.2 Å². The zero-order valence-corrected chi connectivity index (χ0v) is 57.9. The molecule has 7 aromatic carbocycles. The van der Waals surface area contributed by atoms with Gasteiger partial charge in [-0.15, -0.1) is 0 Å². The van der Waals surface area contributed by atoms with Crippen molar-refractivity contribution in [1.29, 1.82) is 0 Å². The number of hydrogen-bond acceptors (Lipinski definition) is 7. The molecule has 92 heavy (non-hydrogen) atoms. The molecule has 0 atom stereocenters. The molecule has 0 unspecified atom stereocenters. The number of imide groups is 1. The molecule has 0 N–H and O–H groups in total. The molecule has 1 fully saturated rings. The minimum Gasteiger partial charge on any atom is -0.369 e. The third-order valence-corrected chi connectivity index (χ3v) is 18.5. The predicted molar refractivity (Wildman–Crippen MR) is 397 cm³/mol. The van der Waals surface area contributed by atoms with Crippen LogP contribution in [0.4, 0.5) is 16.2 Å². The smallest absolute Gasteiger partial charge is 0.293 e. The summed E-state index contributed by atoms with van der Waals surface area (Å²) in [6, 6.07) is 67.2. The first-order valence-corrected chi connectivity index (χ1v) is 34.3. The molecular weight excluding hydrogens is 1150 g/mol. The molecule has 9 aromatic rings. The quantitative estimate of drug-likeness (QED) is 0.141. The first kappa shape index (κ1) is 71.8. The monoisotopic (exact) mass is 1250 g/mol. The molecule has 9 nitrogen and oxygen atoms in total. The maximum atomic E-state index is 12.0. The number of amides is 2. The summed E-state index contributed by atoms with van der Waals surface area (Å²) in [5.41, 5.74) is 14.2. The fraction of sp³-hybridized carbons (Fsp3) is 0.390. The van der Waals surface area contributed by atoms with Crippen LogP contribution in [0.1, 0.15) is 162 Å². The summed E-state index contributed by atoms with van der Waals surface area (Å²) in [4.78, 5) is 35.4. The van der Waals surface area contributed by atoms with Crippen molar-refractivity contribution in [3.63, 3.8) is 0 Å². The Kier molecular flexibility index (Phi) is 27.2. The second-order valence-corrected chi connectivity index (χ2v) is 27.4. The van der Waals surface area contributed by atoms with Gasteiger partial charge in [-0.05, 0) is 220 Å². The molecule has 0 bridgehead atoms. The van der Waals surface area contributed by atoms with Crippen LogP contribution < -0.4 is 9.80 Å². The van der Waals surface area contributed by atoms with E-state index < -0.39 is 0 Å². The lowest BCUT2D eigenvalue weighted by Gasteiger charge is -2.34. The van der Waals surface area contributed by atoms with Crippen LogP contribution in [0.5, 0.6) is 0 Å². The van der Waals surface area contributed by atoms with Crippen LogP contribution in [0.15, 0.2) is 205 Å². The minimum atomic E-state index is -0.196. The Labute approximate surface area is 558 Å². The Morgan fingerprint density at radius 1 is 0.391 bits per heavy atom. The third kappa shape index (κ3) is 19.5. The Bertz CT molecular complexity index is 3690. The number of para-hydroxylation sites is 3. The summed E-state index contributed by atoms with van der Waals surface area (Å²) in [6.07, 6.45) is 13.3. The molecule has 10 heteroatoms. The van der Waals surface area contributed by atoms with Crippen LogP contribution in [0.3, 0.4) is 0 Å². The average molecular weight is 1250 g/mol. The van der Waals surface area contributed by atoms with E-state index >= 15 is 0 Å². The maximum Gasteiger partial charge on any atom is 0.293 e. The summed E-state index contributed by atoms with van der Waals surface area (Å²) >= 11 is 1.00. The van der Waals surface area contributed by atoms with Crippen molar-refractivity contribution in [2.45, 2.75) is 192 Å². The molecule has 5 aliphatic heterocycles. The van der Waals surface area contributed by atoms with Crippen LogP contribution >= 0.6 is 11.8 Å². The Hall–Kier alpha value is -7.63. The van der Waals surface area contributed by atoms with Gasteiger partial charge in [-0.25, -0.2) is 0 Å². The van der Waals surface area contributed by atoms with Crippen molar-refractivity contribution in [2.24, 2.45) is 0 Å². The molecule has 0 radical (unpaired) electrons. The van der Waals surface area contributed by atoms with Gasteiger partial charge in [-0.1, -0.05) is 165 Å². The van der Waals surface area contributed by atoms with Gasteiger partial charge in [0.25, 0.3) is 11.1 Å². The van der Waals surface area contributed by atoms with Gasteiger partial charge in [0.15, 0.2) is 0 Å². The highest BCUT2D eigenvalue weighted by Gasteiger charge is 2.36. The van der Waals surface area contributed by atoms with E-state index in [1.807, 2.05) is 44.2 Å². The number of rotatable bonds is 8. The minimum absolute atomic E-state index is 0. The molecule has 14 rings (SSSR count). The van der Waals surface area contributed by atoms with Crippen LogP contribution in [0.25, 0.3) is 27.8 Å². The molecule has 2 amide bonds. The number of thioether (sulfide) groups is 1. The van der Waals surface area contributed by atoms with E-state index in [-0.39, 0.29) is 24.6 Å². The van der Waals surface area contributed by atoms with Crippen LogP contribution in [0, 0.1) is 0 Å². The van der Waals surface area contributed by atoms with Gasteiger partial charge in [0.2, 0.25) is 0 Å². The molecule has 0 aliphatic carbocycles. The normalized spacial score (nSPS) is 15.3. The fourth-order valence-electron chi connectivity index (χ4n) is 12.3. The number of fused-ring (bicyclic) bond motifs is 6. The van der Waals surface area contributed by atoms with Crippen molar-refractivity contribution >= 4 is 62.0 Å². The summed E-state index contributed by atoms with van der Waals surface area (Å²) in [6.45, 7) is 37.6. The number of anilines is 2. The van der Waals surface area contributed by atoms with Gasteiger partial charge in [0, 0.05) is 117 Å². The van der Waals surface area contributed by atoms with Crippen molar-refractivity contribution in [2.75, 3.05) is 29.4 Å². The van der Waals surface area contributed by atoms with Gasteiger partial charge in [-0.2, -0.15) is 0 Å². The third-order valence-electron chi connectivity index (χ3n) is 17.6.